The van der Waals surface area contributed by atoms with Crippen LogP contribution in [0.5, 0.6) is 0 Å². The lowest BCUT2D eigenvalue weighted by molar-refractivity contribution is -0.142. The molecule has 2 rings (SSSR count). The van der Waals surface area contributed by atoms with Gasteiger partial charge in [0.1, 0.15) is 6.04 Å². The van der Waals surface area contributed by atoms with Gasteiger partial charge in [-0.1, -0.05) is 30.3 Å². The molecule has 0 aliphatic rings. The van der Waals surface area contributed by atoms with Crippen molar-refractivity contribution in [3.05, 3.63) is 48.3 Å². The van der Waals surface area contributed by atoms with Crippen molar-refractivity contribution < 1.29 is 9.53 Å². The van der Waals surface area contributed by atoms with Gasteiger partial charge < -0.3 is 10.5 Å². The zero-order valence-corrected chi connectivity index (χ0v) is 10.6. The Morgan fingerprint density at radius 3 is 2.47 bits per heavy atom. The van der Waals surface area contributed by atoms with E-state index in [1.807, 2.05) is 30.3 Å². The Labute approximate surface area is 111 Å². The average molecular weight is 257 g/mol. The molecule has 0 fully saturated rings. The minimum absolute atomic E-state index is 0.363. The molecule has 1 aromatic carbocycles. The second-order valence-electron chi connectivity index (χ2n) is 4.11. The summed E-state index contributed by atoms with van der Waals surface area (Å²) >= 11 is 0. The average Bonchev–Trinajstić information content (AvgIpc) is 2.48. The van der Waals surface area contributed by atoms with Gasteiger partial charge in [0.25, 0.3) is 0 Å². The van der Waals surface area contributed by atoms with Crippen LogP contribution in [0.15, 0.2) is 42.7 Å². The molecular formula is C14H15N3O2. The molecule has 2 aromatic rings. The zero-order chi connectivity index (χ0) is 13.7. The molecular weight excluding hydrogens is 242 g/mol. The SMILES string of the molecule is COC(=O)[C@H](N)Cc1cnc(-c2ccccc2)nc1. The lowest BCUT2D eigenvalue weighted by Crippen LogP contribution is -2.33. The number of hydrogen-bond acceptors (Lipinski definition) is 5. The number of hydrogen-bond donors (Lipinski definition) is 1. The van der Waals surface area contributed by atoms with E-state index in [-0.39, 0.29) is 0 Å². The predicted molar refractivity (Wildman–Crippen MR) is 71.2 cm³/mol. The molecule has 0 amide bonds. The fourth-order valence-electron chi connectivity index (χ4n) is 1.69. The number of ether oxygens (including phenoxy) is 1. The molecule has 0 spiro atoms. The van der Waals surface area contributed by atoms with Crippen molar-refractivity contribution >= 4 is 5.97 Å². The first kappa shape index (κ1) is 13.2. The summed E-state index contributed by atoms with van der Waals surface area (Å²) in [5, 5.41) is 0. The molecule has 0 saturated carbocycles. The number of carbonyl (C=O) groups excluding carboxylic acids is 1. The lowest BCUT2D eigenvalue weighted by atomic mass is 10.1. The number of aromatic nitrogens is 2. The minimum atomic E-state index is -0.684. The van der Waals surface area contributed by atoms with Gasteiger partial charge in [0.2, 0.25) is 0 Å². The van der Waals surface area contributed by atoms with Gasteiger partial charge in [0.15, 0.2) is 5.82 Å². The quantitative estimate of drug-likeness (QED) is 0.832. The number of nitrogens with two attached hydrogens (primary N) is 1. The third kappa shape index (κ3) is 3.35. The van der Waals surface area contributed by atoms with Crippen LogP contribution in [0.4, 0.5) is 0 Å². The van der Waals surface area contributed by atoms with Crippen LogP contribution in [-0.4, -0.2) is 29.1 Å². The first-order valence-corrected chi connectivity index (χ1v) is 5.90. The molecule has 1 atom stereocenters. The zero-order valence-electron chi connectivity index (χ0n) is 10.6. The molecule has 5 heteroatoms. The van der Waals surface area contributed by atoms with E-state index in [0.29, 0.717) is 12.2 Å². The highest BCUT2D eigenvalue weighted by Crippen LogP contribution is 2.13. The molecule has 2 N–H and O–H groups in total. The largest absolute Gasteiger partial charge is 0.468 e. The third-order valence-corrected chi connectivity index (χ3v) is 2.70. The van der Waals surface area contributed by atoms with Crippen LogP contribution in [0.1, 0.15) is 5.56 Å². The smallest absolute Gasteiger partial charge is 0.322 e. The minimum Gasteiger partial charge on any atom is -0.468 e. The summed E-state index contributed by atoms with van der Waals surface area (Å²) in [5.41, 5.74) is 7.43. The third-order valence-electron chi connectivity index (χ3n) is 2.70. The fourth-order valence-corrected chi connectivity index (χ4v) is 1.69. The first-order chi connectivity index (χ1) is 9.20. The molecule has 0 bridgehead atoms. The maximum absolute atomic E-state index is 11.2. The van der Waals surface area contributed by atoms with E-state index < -0.39 is 12.0 Å². The number of esters is 1. The molecule has 0 aliphatic heterocycles. The molecule has 0 aliphatic carbocycles. The summed E-state index contributed by atoms with van der Waals surface area (Å²) in [4.78, 5) is 19.8. The Kier molecular flexibility index (Phi) is 4.20. The van der Waals surface area contributed by atoms with E-state index in [0.717, 1.165) is 11.1 Å². The van der Waals surface area contributed by atoms with Crippen molar-refractivity contribution in [2.75, 3.05) is 7.11 Å². The number of methoxy groups -OCH3 is 1. The van der Waals surface area contributed by atoms with Gasteiger partial charge in [0.05, 0.1) is 7.11 Å². The molecule has 1 heterocycles. The van der Waals surface area contributed by atoms with Gasteiger partial charge >= 0.3 is 5.97 Å². The Balaban J connectivity index is 2.09. The Bertz CT molecular complexity index is 540. The summed E-state index contributed by atoms with van der Waals surface area (Å²) in [7, 11) is 1.32. The van der Waals surface area contributed by atoms with E-state index >= 15 is 0 Å². The van der Waals surface area contributed by atoms with Gasteiger partial charge in [-0.15, -0.1) is 0 Å². The Morgan fingerprint density at radius 1 is 1.26 bits per heavy atom. The van der Waals surface area contributed by atoms with Gasteiger partial charge in [-0.25, -0.2) is 9.97 Å². The fraction of sp³-hybridized carbons (Fsp3) is 0.214. The van der Waals surface area contributed by atoms with Crippen molar-refractivity contribution in [1.29, 1.82) is 0 Å². The van der Waals surface area contributed by atoms with Crippen LogP contribution in [0.25, 0.3) is 11.4 Å². The second kappa shape index (κ2) is 6.06. The molecule has 0 unspecified atom stereocenters. The van der Waals surface area contributed by atoms with E-state index in [2.05, 4.69) is 14.7 Å². The monoisotopic (exact) mass is 257 g/mol. The Morgan fingerprint density at radius 2 is 1.89 bits per heavy atom. The topological polar surface area (TPSA) is 78.1 Å². The summed E-state index contributed by atoms with van der Waals surface area (Å²) in [6.45, 7) is 0. The highest BCUT2D eigenvalue weighted by atomic mass is 16.5. The molecule has 98 valence electrons. The van der Waals surface area contributed by atoms with Crippen molar-refractivity contribution in [3.63, 3.8) is 0 Å². The number of carbonyl (C=O) groups is 1. The summed E-state index contributed by atoms with van der Waals surface area (Å²) in [6, 6.07) is 8.99. The van der Waals surface area contributed by atoms with Crippen LogP contribution < -0.4 is 5.73 Å². The second-order valence-corrected chi connectivity index (χ2v) is 4.11. The van der Waals surface area contributed by atoms with E-state index in [9.17, 15) is 4.79 Å². The number of nitrogens with zero attached hydrogens (tertiary/aromatic N) is 2. The summed E-state index contributed by atoms with van der Waals surface area (Å²) in [5.74, 6) is 0.211. The van der Waals surface area contributed by atoms with Crippen molar-refractivity contribution in [2.24, 2.45) is 5.73 Å². The molecule has 0 saturated heterocycles. The first-order valence-electron chi connectivity index (χ1n) is 5.90. The number of benzene rings is 1. The van der Waals surface area contributed by atoms with E-state index in [1.54, 1.807) is 12.4 Å². The van der Waals surface area contributed by atoms with Crippen molar-refractivity contribution in [3.8, 4) is 11.4 Å². The summed E-state index contributed by atoms with van der Waals surface area (Å²) in [6.07, 6.45) is 3.72. The molecule has 5 nitrogen and oxygen atoms in total. The van der Waals surface area contributed by atoms with E-state index in [1.165, 1.54) is 7.11 Å². The summed E-state index contributed by atoms with van der Waals surface area (Å²) < 4.78 is 4.57. The highest BCUT2D eigenvalue weighted by Gasteiger charge is 2.14. The van der Waals surface area contributed by atoms with Crippen LogP contribution >= 0.6 is 0 Å². The lowest BCUT2D eigenvalue weighted by Gasteiger charge is -2.08. The van der Waals surface area contributed by atoms with Gasteiger partial charge in [-0.05, 0) is 5.56 Å². The van der Waals surface area contributed by atoms with Crippen molar-refractivity contribution in [1.82, 2.24) is 9.97 Å². The maximum atomic E-state index is 11.2. The molecule has 19 heavy (non-hydrogen) atoms. The van der Waals surface area contributed by atoms with Gasteiger partial charge in [-0.3, -0.25) is 4.79 Å². The van der Waals surface area contributed by atoms with Crippen LogP contribution in [-0.2, 0) is 16.0 Å². The van der Waals surface area contributed by atoms with Crippen LogP contribution in [0.3, 0.4) is 0 Å². The van der Waals surface area contributed by atoms with Gasteiger partial charge in [-0.2, -0.15) is 0 Å². The maximum Gasteiger partial charge on any atom is 0.322 e. The van der Waals surface area contributed by atoms with Crippen molar-refractivity contribution in [2.45, 2.75) is 12.5 Å². The van der Waals surface area contributed by atoms with Crippen LogP contribution in [0, 0.1) is 0 Å². The standard InChI is InChI=1S/C14H15N3O2/c1-19-14(18)12(15)7-10-8-16-13(17-9-10)11-5-3-2-4-6-11/h2-6,8-9,12H,7,15H2,1H3/t12-/m1/s1. The van der Waals surface area contributed by atoms with E-state index in [4.69, 9.17) is 5.73 Å². The highest BCUT2D eigenvalue weighted by molar-refractivity contribution is 5.75. The Hall–Kier alpha value is -2.27. The number of rotatable bonds is 4. The molecule has 1 aromatic heterocycles. The van der Waals surface area contributed by atoms with Crippen LogP contribution in [0.2, 0.25) is 0 Å². The predicted octanol–water partition coefficient (Wildman–Crippen LogP) is 1.19. The normalized spacial score (nSPS) is 11.9. The molecule has 0 radical (unpaired) electrons. The van der Waals surface area contributed by atoms with Gasteiger partial charge in [0, 0.05) is 24.4 Å².